The molecule has 17 heavy (non-hydrogen) atoms. The third kappa shape index (κ3) is 2.39. The van der Waals surface area contributed by atoms with Gasteiger partial charge in [0, 0.05) is 13.1 Å². The molecule has 2 aromatic rings. The lowest BCUT2D eigenvalue weighted by atomic mass is 10.4. The number of hydrogen-bond acceptors (Lipinski definition) is 5. The molecule has 0 aliphatic carbocycles. The standard InChI is InChI=1S/C10H10N4O3/c1-6-3-9(14(2)13-6)17-8-5-11-4-7(12-8)10(15)16/h3-5H,1-2H3,(H,15,16). The van der Waals surface area contributed by atoms with Crippen molar-refractivity contribution in [1.82, 2.24) is 19.7 Å². The van der Waals surface area contributed by atoms with E-state index in [9.17, 15) is 4.79 Å². The van der Waals surface area contributed by atoms with Crippen molar-refractivity contribution in [2.45, 2.75) is 6.92 Å². The van der Waals surface area contributed by atoms with Crippen molar-refractivity contribution in [2.24, 2.45) is 7.05 Å². The topological polar surface area (TPSA) is 90.1 Å². The van der Waals surface area contributed by atoms with Crippen LogP contribution in [0.5, 0.6) is 11.8 Å². The molecule has 0 saturated heterocycles. The summed E-state index contributed by atoms with van der Waals surface area (Å²) in [6.07, 6.45) is 2.50. The number of carboxylic acid groups (broad SMARTS) is 1. The van der Waals surface area contributed by atoms with E-state index in [2.05, 4.69) is 15.1 Å². The van der Waals surface area contributed by atoms with Crippen molar-refractivity contribution in [3.05, 3.63) is 29.8 Å². The molecule has 7 nitrogen and oxygen atoms in total. The summed E-state index contributed by atoms with van der Waals surface area (Å²) in [5, 5.41) is 12.9. The van der Waals surface area contributed by atoms with Crippen LogP contribution in [0.25, 0.3) is 0 Å². The Balaban J connectivity index is 2.27. The van der Waals surface area contributed by atoms with E-state index >= 15 is 0 Å². The number of nitrogens with zero attached hydrogens (tertiary/aromatic N) is 4. The highest BCUT2D eigenvalue weighted by Gasteiger charge is 2.09. The number of aromatic carboxylic acids is 1. The second-order valence-corrected chi connectivity index (χ2v) is 3.40. The van der Waals surface area contributed by atoms with Crippen LogP contribution in [0.2, 0.25) is 0 Å². The van der Waals surface area contributed by atoms with E-state index in [1.807, 2.05) is 6.92 Å². The lowest BCUT2D eigenvalue weighted by molar-refractivity contribution is 0.0689. The zero-order chi connectivity index (χ0) is 12.4. The van der Waals surface area contributed by atoms with Crippen LogP contribution in [-0.2, 0) is 7.05 Å². The van der Waals surface area contributed by atoms with Crippen LogP contribution in [0, 0.1) is 6.92 Å². The molecule has 7 heteroatoms. The quantitative estimate of drug-likeness (QED) is 0.852. The van der Waals surface area contributed by atoms with Crippen molar-refractivity contribution < 1.29 is 14.6 Å². The van der Waals surface area contributed by atoms with Gasteiger partial charge in [-0.1, -0.05) is 0 Å². The Morgan fingerprint density at radius 2 is 2.24 bits per heavy atom. The lowest BCUT2D eigenvalue weighted by Crippen LogP contribution is -2.03. The van der Waals surface area contributed by atoms with Crippen molar-refractivity contribution in [3.63, 3.8) is 0 Å². The predicted molar refractivity (Wildman–Crippen MR) is 57.0 cm³/mol. The molecule has 0 fully saturated rings. The highest BCUT2D eigenvalue weighted by molar-refractivity contribution is 5.84. The number of aromatic nitrogens is 4. The summed E-state index contributed by atoms with van der Waals surface area (Å²) in [6.45, 7) is 1.83. The molecule has 2 heterocycles. The van der Waals surface area contributed by atoms with Gasteiger partial charge < -0.3 is 9.84 Å². The van der Waals surface area contributed by atoms with Gasteiger partial charge in [-0.05, 0) is 6.92 Å². The number of ether oxygens (including phenoxy) is 1. The Morgan fingerprint density at radius 3 is 2.82 bits per heavy atom. The van der Waals surface area contributed by atoms with E-state index < -0.39 is 5.97 Å². The van der Waals surface area contributed by atoms with E-state index in [0.29, 0.717) is 5.88 Å². The minimum absolute atomic E-state index is 0.118. The second-order valence-electron chi connectivity index (χ2n) is 3.40. The second kappa shape index (κ2) is 4.20. The maximum atomic E-state index is 10.7. The van der Waals surface area contributed by atoms with Crippen LogP contribution in [0.15, 0.2) is 18.5 Å². The SMILES string of the molecule is Cc1cc(Oc2cncc(C(=O)O)n2)n(C)n1. The molecule has 0 aliphatic rings. The molecule has 0 radical (unpaired) electrons. The van der Waals surface area contributed by atoms with E-state index in [1.54, 1.807) is 13.1 Å². The lowest BCUT2D eigenvalue weighted by Gasteiger charge is -2.03. The van der Waals surface area contributed by atoms with Gasteiger partial charge in [-0.2, -0.15) is 5.10 Å². The fourth-order valence-corrected chi connectivity index (χ4v) is 1.29. The van der Waals surface area contributed by atoms with Gasteiger partial charge in [0.2, 0.25) is 11.8 Å². The van der Waals surface area contributed by atoms with Crippen molar-refractivity contribution in [2.75, 3.05) is 0 Å². The Bertz CT molecular complexity index is 564. The minimum atomic E-state index is -1.15. The van der Waals surface area contributed by atoms with E-state index in [4.69, 9.17) is 9.84 Å². The maximum absolute atomic E-state index is 10.7. The fourth-order valence-electron chi connectivity index (χ4n) is 1.29. The number of aryl methyl sites for hydroxylation is 2. The molecule has 0 atom stereocenters. The van der Waals surface area contributed by atoms with Gasteiger partial charge >= 0.3 is 5.97 Å². The van der Waals surface area contributed by atoms with Crippen LogP contribution in [-0.4, -0.2) is 30.8 Å². The summed E-state index contributed by atoms with van der Waals surface area (Å²) < 4.78 is 6.92. The van der Waals surface area contributed by atoms with Gasteiger partial charge in [0.25, 0.3) is 0 Å². The fraction of sp³-hybridized carbons (Fsp3) is 0.200. The molecule has 0 amide bonds. The van der Waals surface area contributed by atoms with Crippen molar-refractivity contribution in [3.8, 4) is 11.8 Å². The van der Waals surface area contributed by atoms with E-state index in [-0.39, 0.29) is 11.6 Å². The molecule has 0 spiro atoms. The van der Waals surface area contributed by atoms with Crippen LogP contribution >= 0.6 is 0 Å². The van der Waals surface area contributed by atoms with Gasteiger partial charge in [-0.25, -0.2) is 14.5 Å². The summed E-state index contributed by atoms with van der Waals surface area (Å²) in [5.74, 6) is -0.559. The molecular weight excluding hydrogens is 224 g/mol. The molecule has 88 valence electrons. The highest BCUT2D eigenvalue weighted by Crippen LogP contribution is 2.18. The summed E-state index contributed by atoms with van der Waals surface area (Å²) >= 11 is 0. The third-order valence-electron chi connectivity index (χ3n) is 2.00. The first-order valence-corrected chi connectivity index (χ1v) is 4.80. The summed E-state index contributed by atoms with van der Waals surface area (Å²) in [7, 11) is 1.72. The van der Waals surface area contributed by atoms with Crippen molar-refractivity contribution in [1.29, 1.82) is 0 Å². The summed E-state index contributed by atoms with van der Waals surface area (Å²) in [4.78, 5) is 18.2. The predicted octanol–water partition coefficient (Wildman–Crippen LogP) is 1.01. The molecule has 0 aromatic carbocycles. The van der Waals surface area contributed by atoms with Gasteiger partial charge in [0.1, 0.15) is 0 Å². The number of carboxylic acids is 1. The normalized spacial score (nSPS) is 10.2. The Labute approximate surface area is 96.7 Å². The smallest absolute Gasteiger partial charge is 0.356 e. The molecule has 0 aliphatic heterocycles. The van der Waals surface area contributed by atoms with Gasteiger partial charge in [-0.15, -0.1) is 0 Å². The molecule has 0 unspecified atom stereocenters. The first-order valence-electron chi connectivity index (χ1n) is 4.80. The van der Waals surface area contributed by atoms with Gasteiger partial charge in [0.05, 0.1) is 18.1 Å². The molecule has 2 aromatic heterocycles. The largest absolute Gasteiger partial charge is 0.476 e. The van der Waals surface area contributed by atoms with Gasteiger partial charge in [0.15, 0.2) is 5.69 Å². The van der Waals surface area contributed by atoms with Crippen LogP contribution in [0.1, 0.15) is 16.2 Å². The number of carbonyl (C=O) groups is 1. The molecule has 0 saturated carbocycles. The Kier molecular flexibility index (Phi) is 2.73. The Morgan fingerprint density at radius 1 is 1.47 bits per heavy atom. The van der Waals surface area contributed by atoms with Crippen LogP contribution < -0.4 is 4.74 Å². The van der Waals surface area contributed by atoms with E-state index in [1.165, 1.54) is 10.9 Å². The maximum Gasteiger partial charge on any atom is 0.356 e. The third-order valence-corrected chi connectivity index (χ3v) is 2.00. The van der Waals surface area contributed by atoms with Crippen LogP contribution in [0.3, 0.4) is 0 Å². The zero-order valence-corrected chi connectivity index (χ0v) is 9.28. The first kappa shape index (κ1) is 11.1. The van der Waals surface area contributed by atoms with E-state index in [0.717, 1.165) is 11.9 Å². The van der Waals surface area contributed by atoms with Gasteiger partial charge in [-0.3, -0.25) is 4.98 Å². The molecule has 2 rings (SSSR count). The molecular formula is C10H10N4O3. The molecule has 1 N–H and O–H groups in total. The van der Waals surface area contributed by atoms with Crippen LogP contribution in [0.4, 0.5) is 0 Å². The highest BCUT2D eigenvalue weighted by atomic mass is 16.5. The average molecular weight is 234 g/mol. The summed E-state index contributed by atoms with van der Waals surface area (Å²) in [6, 6.07) is 1.72. The first-order chi connectivity index (χ1) is 8.06. The van der Waals surface area contributed by atoms with Crippen molar-refractivity contribution >= 4 is 5.97 Å². The summed E-state index contributed by atoms with van der Waals surface area (Å²) in [5.41, 5.74) is 0.631. The molecule has 0 bridgehead atoms. The number of hydrogen-bond donors (Lipinski definition) is 1. The number of rotatable bonds is 3. The average Bonchev–Trinajstić information content (AvgIpc) is 2.58. The monoisotopic (exact) mass is 234 g/mol. The Hall–Kier alpha value is -2.44. The zero-order valence-electron chi connectivity index (χ0n) is 9.28. The minimum Gasteiger partial charge on any atom is -0.476 e.